The van der Waals surface area contributed by atoms with Crippen LogP contribution in [0.5, 0.6) is 0 Å². The van der Waals surface area contributed by atoms with Gasteiger partial charge in [0.2, 0.25) is 5.91 Å². The van der Waals surface area contributed by atoms with Gasteiger partial charge in [0.1, 0.15) is 0 Å². The molecule has 0 saturated carbocycles. The average molecular weight is 393 g/mol. The van der Waals surface area contributed by atoms with Gasteiger partial charge < -0.3 is 14.8 Å². The number of likely N-dealkylation sites (tertiary alicyclic amines) is 1. The zero-order valence-corrected chi connectivity index (χ0v) is 14.8. The molecule has 26 heavy (non-hydrogen) atoms. The number of rotatable bonds is 4. The van der Waals surface area contributed by atoms with Crippen molar-refractivity contribution < 1.29 is 27.4 Å². The van der Waals surface area contributed by atoms with Gasteiger partial charge in [0.05, 0.1) is 36.4 Å². The van der Waals surface area contributed by atoms with E-state index in [0.717, 1.165) is 37.9 Å². The zero-order valence-electron chi connectivity index (χ0n) is 14.0. The van der Waals surface area contributed by atoms with E-state index in [4.69, 9.17) is 21.1 Å². The third-order valence-corrected chi connectivity index (χ3v) is 4.86. The molecule has 0 aliphatic carbocycles. The first-order chi connectivity index (χ1) is 12.3. The number of carbonyl (C=O) groups is 1. The predicted molar refractivity (Wildman–Crippen MR) is 90.0 cm³/mol. The minimum Gasteiger partial charge on any atom is -0.349 e. The standard InChI is InChI=1S/C17H20ClF3N2O3/c18-13-5-4-11(9-12(13)17(19,20)21)22-15(24)10-23-6-2-1-3-14(23)16-25-7-8-26-16/h4-5,9,14,16H,1-3,6-8,10H2,(H,22,24). The fourth-order valence-electron chi connectivity index (χ4n) is 3.33. The van der Waals surface area contributed by atoms with Crippen LogP contribution >= 0.6 is 11.6 Å². The lowest BCUT2D eigenvalue weighted by Gasteiger charge is -2.37. The van der Waals surface area contributed by atoms with Gasteiger partial charge in [0.15, 0.2) is 6.29 Å². The maximum absolute atomic E-state index is 12.9. The molecule has 1 N–H and O–H groups in total. The molecular weight excluding hydrogens is 373 g/mol. The van der Waals surface area contributed by atoms with Crippen molar-refractivity contribution in [3.05, 3.63) is 28.8 Å². The monoisotopic (exact) mass is 392 g/mol. The molecule has 2 aliphatic rings. The first-order valence-electron chi connectivity index (χ1n) is 8.48. The van der Waals surface area contributed by atoms with Gasteiger partial charge in [-0.05, 0) is 37.6 Å². The van der Waals surface area contributed by atoms with Crippen LogP contribution in [0.25, 0.3) is 0 Å². The molecule has 2 fully saturated rings. The van der Waals surface area contributed by atoms with Crippen molar-refractivity contribution in [3.63, 3.8) is 0 Å². The van der Waals surface area contributed by atoms with E-state index in [-0.39, 0.29) is 30.5 Å². The van der Waals surface area contributed by atoms with E-state index in [1.807, 2.05) is 4.90 Å². The molecule has 1 aromatic rings. The quantitative estimate of drug-likeness (QED) is 0.851. The average Bonchev–Trinajstić information content (AvgIpc) is 3.10. The van der Waals surface area contributed by atoms with Crippen LogP contribution in [-0.4, -0.2) is 49.4 Å². The molecule has 0 aromatic heterocycles. The van der Waals surface area contributed by atoms with Gasteiger partial charge in [-0.15, -0.1) is 0 Å². The van der Waals surface area contributed by atoms with Gasteiger partial charge in [-0.3, -0.25) is 9.69 Å². The fourth-order valence-corrected chi connectivity index (χ4v) is 3.55. The summed E-state index contributed by atoms with van der Waals surface area (Å²) in [7, 11) is 0. The van der Waals surface area contributed by atoms with Gasteiger partial charge >= 0.3 is 6.18 Å². The number of hydrogen-bond acceptors (Lipinski definition) is 4. The van der Waals surface area contributed by atoms with Gasteiger partial charge in [-0.2, -0.15) is 13.2 Å². The SMILES string of the molecule is O=C(CN1CCCCC1C1OCCO1)Nc1ccc(Cl)c(C(F)(F)F)c1. The molecule has 144 valence electrons. The number of benzene rings is 1. The molecular formula is C17H20ClF3N2O3. The van der Waals surface area contributed by atoms with Crippen LogP contribution in [0.4, 0.5) is 18.9 Å². The van der Waals surface area contributed by atoms with Gasteiger partial charge in [0, 0.05) is 5.69 Å². The first kappa shape index (κ1) is 19.4. The van der Waals surface area contributed by atoms with Crippen LogP contribution in [0, 0.1) is 0 Å². The molecule has 1 aromatic carbocycles. The lowest BCUT2D eigenvalue weighted by molar-refractivity contribution is -0.137. The van der Waals surface area contributed by atoms with Crippen LogP contribution in [0.15, 0.2) is 18.2 Å². The normalized spacial score (nSPS) is 22.5. The van der Waals surface area contributed by atoms with Crippen molar-refractivity contribution in [2.75, 3.05) is 31.6 Å². The molecule has 0 bridgehead atoms. The van der Waals surface area contributed by atoms with Crippen molar-refractivity contribution in [1.82, 2.24) is 4.90 Å². The number of halogens is 4. The Bertz CT molecular complexity index is 651. The lowest BCUT2D eigenvalue weighted by atomic mass is 10.0. The molecule has 2 saturated heterocycles. The second kappa shape index (κ2) is 8.12. The van der Waals surface area contributed by atoms with E-state index >= 15 is 0 Å². The maximum atomic E-state index is 12.9. The highest BCUT2D eigenvalue weighted by atomic mass is 35.5. The van der Waals surface area contributed by atoms with Crippen molar-refractivity contribution in [1.29, 1.82) is 0 Å². The Morgan fingerprint density at radius 1 is 1.27 bits per heavy atom. The molecule has 0 spiro atoms. The molecule has 1 atom stereocenters. The minimum atomic E-state index is -4.58. The number of nitrogens with zero attached hydrogens (tertiary/aromatic N) is 1. The highest BCUT2D eigenvalue weighted by molar-refractivity contribution is 6.31. The summed E-state index contributed by atoms with van der Waals surface area (Å²) in [5, 5.41) is 2.12. The molecule has 0 radical (unpaired) electrons. The smallest absolute Gasteiger partial charge is 0.349 e. The van der Waals surface area contributed by atoms with Gasteiger partial charge in [-0.1, -0.05) is 18.0 Å². The van der Waals surface area contributed by atoms with Crippen LogP contribution in [0.1, 0.15) is 24.8 Å². The number of hydrogen-bond donors (Lipinski definition) is 1. The van der Waals surface area contributed by atoms with Crippen molar-refractivity contribution in [2.24, 2.45) is 0 Å². The number of nitrogens with one attached hydrogen (secondary N) is 1. The van der Waals surface area contributed by atoms with Crippen LogP contribution in [0.2, 0.25) is 5.02 Å². The Morgan fingerprint density at radius 2 is 2.00 bits per heavy atom. The van der Waals surface area contributed by atoms with Crippen LogP contribution < -0.4 is 5.32 Å². The molecule has 2 aliphatic heterocycles. The largest absolute Gasteiger partial charge is 0.417 e. The summed E-state index contributed by atoms with van der Waals surface area (Å²) in [6.07, 6.45) is -2.09. The summed E-state index contributed by atoms with van der Waals surface area (Å²) in [4.78, 5) is 14.3. The van der Waals surface area contributed by atoms with E-state index in [9.17, 15) is 18.0 Å². The number of ether oxygens (including phenoxy) is 2. The fraction of sp³-hybridized carbons (Fsp3) is 0.588. The van der Waals surface area contributed by atoms with E-state index in [1.165, 1.54) is 6.07 Å². The summed E-state index contributed by atoms with van der Waals surface area (Å²) in [5.41, 5.74) is -0.908. The number of anilines is 1. The number of carbonyl (C=O) groups excluding carboxylic acids is 1. The predicted octanol–water partition coefficient (Wildman–Crippen LogP) is 3.52. The van der Waals surface area contributed by atoms with Crippen molar-refractivity contribution in [3.8, 4) is 0 Å². The Labute approximate surface area is 154 Å². The minimum absolute atomic E-state index is 0.0204. The molecule has 5 nitrogen and oxygen atoms in total. The molecule has 2 heterocycles. The summed E-state index contributed by atoms with van der Waals surface area (Å²) in [6, 6.07) is 3.31. The highest BCUT2D eigenvalue weighted by Crippen LogP contribution is 2.36. The summed E-state index contributed by atoms with van der Waals surface area (Å²) in [6.45, 7) is 1.85. The first-order valence-corrected chi connectivity index (χ1v) is 8.86. The summed E-state index contributed by atoms with van der Waals surface area (Å²) >= 11 is 5.60. The van der Waals surface area contributed by atoms with Gasteiger partial charge in [-0.25, -0.2) is 0 Å². The number of amides is 1. The maximum Gasteiger partial charge on any atom is 0.417 e. The van der Waals surface area contributed by atoms with Gasteiger partial charge in [0.25, 0.3) is 0 Å². The van der Waals surface area contributed by atoms with Crippen LogP contribution in [0.3, 0.4) is 0 Å². The zero-order chi connectivity index (χ0) is 18.7. The number of piperidine rings is 1. The lowest BCUT2D eigenvalue weighted by Crippen LogP contribution is -2.50. The second-order valence-electron chi connectivity index (χ2n) is 6.38. The third kappa shape index (κ3) is 4.68. The Kier molecular flexibility index (Phi) is 6.06. The molecule has 1 amide bonds. The second-order valence-corrected chi connectivity index (χ2v) is 6.79. The van der Waals surface area contributed by atoms with E-state index < -0.39 is 16.8 Å². The van der Waals surface area contributed by atoms with Crippen molar-refractivity contribution >= 4 is 23.2 Å². The Balaban J connectivity index is 1.64. The summed E-state index contributed by atoms with van der Waals surface area (Å²) < 4.78 is 49.9. The van der Waals surface area contributed by atoms with E-state index in [1.54, 1.807) is 0 Å². The Hall–Kier alpha value is -1.35. The van der Waals surface area contributed by atoms with E-state index in [2.05, 4.69) is 5.32 Å². The Morgan fingerprint density at radius 3 is 2.69 bits per heavy atom. The highest BCUT2D eigenvalue weighted by Gasteiger charge is 2.35. The summed E-state index contributed by atoms with van der Waals surface area (Å²) in [5.74, 6) is -0.384. The molecule has 9 heteroatoms. The molecule has 1 unspecified atom stereocenters. The van der Waals surface area contributed by atoms with Crippen molar-refractivity contribution in [2.45, 2.75) is 37.8 Å². The topological polar surface area (TPSA) is 50.8 Å². The third-order valence-electron chi connectivity index (χ3n) is 4.53. The molecule has 3 rings (SSSR count). The van der Waals surface area contributed by atoms with E-state index in [0.29, 0.717) is 13.2 Å². The number of alkyl halides is 3. The van der Waals surface area contributed by atoms with Crippen LogP contribution in [-0.2, 0) is 20.4 Å².